The SMILES string of the molecule is CCCCC1CC(NCCCO)CN(CC2CC2)C1. The second-order valence-corrected chi connectivity index (χ2v) is 6.63. The molecular weight excluding hydrogens is 236 g/mol. The van der Waals surface area contributed by atoms with E-state index in [0.717, 1.165) is 24.8 Å². The van der Waals surface area contributed by atoms with Crippen LogP contribution in [0.4, 0.5) is 0 Å². The molecule has 0 aromatic heterocycles. The van der Waals surface area contributed by atoms with Gasteiger partial charge in [0.05, 0.1) is 0 Å². The van der Waals surface area contributed by atoms with Crippen LogP contribution >= 0.6 is 0 Å². The average molecular weight is 268 g/mol. The first-order chi connectivity index (χ1) is 9.31. The quantitative estimate of drug-likeness (QED) is 0.630. The molecule has 2 fully saturated rings. The standard InChI is InChI=1S/C16H32N2O/c1-2-3-5-15-10-16(17-8-4-9-19)13-18(12-15)11-14-6-7-14/h14-17,19H,2-13H2,1H3. The van der Waals surface area contributed by atoms with Crippen molar-refractivity contribution in [1.29, 1.82) is 0 Å². The van der Waals surface area contributed by atoms with Gasteiger partial charge in [0.15, 0.2) is 0 Å². The number of aliphatic hydroxyl groups excluding tert-OH is 1. The van der Waals surface area contributed by atoms with E-state index >= 15 is 0 Å². The third-order valence-electron chi connectivity index (χ3n) is 4.56. The monoisotopic (exact) mass is 268 g/mol. The molecule has 0 radical (unpaired) electrons. The zero-order valence-electron chi connectivity index (χ0n) is 12.6. The van der Waals surface area contributed by atoms with Crippen LogP contribution in [0.25, 0.3) is 0 Å². The zero-order valence-corrected chi connectivity index (χ0v) is 12.6. The Kier molecular flexibility index (Phi) is 6.62. The van der Waals surface area contributed by atoms with E-state index in [1.165, 1.54) is 58.2 Å². The third-order valence-corrected chi connectivity index (χ3v) is 4.56. The minimum Gasteiger partial charge on any atom is -0.396 e. The summed E-state index contributed by atoms with van der Waals surface area (Å²) in [5, 5.41) is 12.5. The molecule has 0 bridgehead atoms. The van der Waals surface area contributed by atoms with Crippen molar-refractivity contribution in [3.05, 3.63) is 0 Å². The normalized spacial score (nSPS) is 28.7. The molecule has 112 valence electrons. The second-order valence-electron chi connectivity index (χ2n) is 6.63. The highest BCUT2D eigenvalue weighted by Crippen LogP contribution is 2.32. The number of hydrogen-bond donors (Lipinski definition) is 2. The van der Waals surface area contributed by atoms with Crippen molar-refractivity contribution in [2.24, 2.45) is 11.8 Å². The van der Waals surface area contributed by atoms with Crippen LogP contribution in [0.3, 0.4) is 0 Å². The fourth-order valence-corrected chi connectivity index (χ4v) is 3.35. The summed E-state index contributed by atoms with van der Waals surface area (Å²) in [5.74, 6) is 1.89. The van der Waals surface area contributed by atoms with E-state index in [9.17, 15) is 0 Å². The molecule has 2 rings (SSSR count). The lowest BCUT2D eigenvalue weighted by molar-refractivity contribution is 0.128. The lowest BCUT2D eigenvalue weighted by Crippen LogP contribution is -2.50. The lowest BCUT2D eigenvalue weighted by atomic mass is 9.89. The topological polar surface area (TPSA) is 35.5 Å². The van der Waals surface area contributed by atoms with Gasteiger partial charge >= 0.3 is 0 Å². The number of nitrogens with zero attached hydrogens (tertiary/aromatic N) is 1. The highest BCUT2D eigenvalue weighted by molar-refractivity contribution is 4.86. The van der Waals surface area contributed by atoms with Gasteiger partial charge in [0, 0.05) is 32.3 Å². The van der Waals surface area contributed by atoms with Crippen molar-refractivity contribution in [3.63, 3.8) is 0 Å². The van der Waals surface area contributed by atoms with Gasteiger partial charge in [-0.15, -0.1) is 0 Å². The predicted molar refractivity (Wildman–Crippen MR) is 80.3 cm³/mol. The van der Waals surface area contributed by atoms with E-state index in [4.69, 9.17) is 5.11 Å². The van der Waals surface area contributed by atoms with E-state index in [0.29, 0.717) is 12.6 Å². The third kappa shape index (κ3) is 5.80. The molecule has 1 heterocycles. The molecule has 2 unspecified atom stereocenters. The van der Waals surface area contributed by atoms with E-state index in [1.807, 2.05) is 0 Å². The average Bonchev–Trinajstić information content (AvgIpc) is 3.20. The van der Waals surface area contributed by atoms with Crippen LogP contribution in [0.5, 0.6) is 0 Å². The predicted octanol–water partition coefficient (Wildman–Crippen LogP) is 2.25. The maximum Gasteiger partial charge on any atom is 0.0443 e. The number of aliphatic hydroxyl groups is 1. The Balaban J connectivity index is 1.76. The summed E-state index contributed by atoms with van der Waals surface area (Å²) in [5.41, 5.74) is 0. The fourth-order valence-electron chi connectivity index (χ4n) is 3.35. The van der Waals surface area contributed by atoms with Crippen LogP contribution in [-0.2, 0) is 0 Å². The molecular formula is C16H32N2O. The molecule has 2 aliphatic rings. The Labute approximate surface area is 118 Å². The minimum absolute atomic E-state index is 0.310. The van der Waals surface area contributed by atoms with Gasteiger partial charge in [-0.25, -0.2) is 0 Å². The first-order valence-electron chi connectivity index (χ1n) is 8.38. The van der Waals surface area contributed by atoms with Gasteiger partial charge in [-0.1, -0.05) is 19.8 Å². The number of rotatable bonds is 9. The second kappa shape index (κ2) is 8.23. The van der Waals surface area contributed by atoms with Crippen LogP contribution in [-0.4, -0.2) is 48.8 Å². The molecule has 1 saturated carbocycles. The van der Waals surface area contributed by atoms with E-state index in [2.05, 4.69) is 17.1 Å². The van der Waals surface area contributed by atoms with Gasteiger partial charge in [0.25, 0.3) is 0 Å². The van der Waals surface area contributed by atoms with Gasteiger partial charge in [-0.3, -0.25) is 0 Å². The molecule has 0 aromatic carbocycles. The van der Waals surface area contributed by atoms with Crippen molar-refractivity contribution in [3.8, 4) is 0 Å². The molecule has 3 heteroatoms. The maximum absolute atomic E-state index is 8.89. The molecule has 0 amide bonds. The van der Waals surface area contributed by atoms with Crippen molar-refractivity contribution in [1.82, 2.24) is 10.2 Å². The highest BCUT2D eigenvalue weighted by atomic mass is 16.3. The summed E-state index contributed by atoms with van der Waals surface area (Å²) in [7, 11) is 0. The molecule has 3 nitrogen and oxygen atoms in total. The Morgan fingerprint density at radius 2 is 2.00 bits per heavy atom. The first-order valence-corrected chi connectivity index (χ1v) is 8.38. The molecule has 1 aliphatic heterocycles. The minimum atomic E-state index is 0.310. The van der Waals surface area contributed by atoms with Gasteiger partial charge in [0.2, 0.25) is 0 Å². The fraction of sp³-hybridized carbons (Fsp3) is 1.00. The molecule has 1 saturated heterocycles. The summed E-state index contributed by atoms with van der Waals surface area (Å²) in [6.45, 7) is 7.46. The van der Waals surface area contributed by atoms with Crippen LogP contribution in [0, 0.1) is 11.8 Å². The molecule has 0 spiro atoms. The van der Waals surface area contributed by atoms with Crippen molar-refractivity contribution < 1.29 is 5.11 Å². The molecule has 2 N–H and O–H groups in total. The van der Waals surface area contributed by atoms with Gasteiger partial charge < -0.3 is 15.3 Å². The van der Waals surface area contributed by atoms with E-state index in [-0.39, 0.29) is 0 Å². The Morgan fingerprint density at radius 3 is 2.68 bits per heavy atom. The summed E-state index contributed by atoms with van der Waals surface area (Å²) < 4.78 is 0. The van der Waals surface area contributed by atoms with Gasteiger partial charge in [0.1, 0.15) is 0 Å². The molecule has 1 aliphatic carbocycles. The smallest absolute Gasteiger partial charge is 0.0443 e. The number of nitrogens with one attached hydrogen (secondary N) is 1. The van der Waals surface area contributed by atoms with Crippen LogP contribution in [0.15, 0.2) is 0 Å². The van der Waals surface area contributed by atoms with Gasteiger partial charge in [-0.05, 0) is 50.5 Å². The van der Waals surface area contributed by atoms with E-state index < -0.39 is 0 Å². The number of piperidine rings is 1. The summed E-state index contributed by atoms with van der Waals surface area (Å²) in [4.78, 5) is 2.71. The van der Waals surface area contributed by atoms with Crippen molar-refractivity contribution in [2.45, 2.75) is 57.9 Å². The summed E-state index contributed by atoms with van der Waals surface area (Å²) >= 11 is 0. The summed E-state index contributed by atoms with van der Waals surface area (Å²) in [6, 6.07) is 0.654. The maximum atomic E-state index is 8.89. The first kappa shape index (κ1) is 15.3. The van der Waals surface area contributed by atoms with Crippen molar-refractivity contribution in [2.75, 3.05) is 32.8 Å². The molecule has 2 atom stereocenters. The van der Waals surface area contributed by atoms with Crippen LogP contribution in [0.2, 0.25) is 0 Å². The Hall–Kier alpha value is -0.120. The number of hydrogen-bond acceptors (Lipinski definition) is 3. The Morgan fingerprint density at radius 1 is 1.16 bits per heavy atom. The number of unbranched alkanes of at least 4 members (excludes halogenated alkanes) is 1. The zero-order chi connectivity index (χ0) is 13.5. The van der Waals surface area contributed by atoms with Gasteiger partial charge in [-0.2, -0.15) is 0 Å². The van der Waals surface area contributed by atoms with Crippen molar-refractivity contribution >= 4 is 0 Å². The Bertz CT molecular complexity index is 243. The molecule has 19 heavy (non-hydrogen) atoms. The van der Waals surface area contributed by atoms with Crippen LogP contribution in [0.1, 0.15) is 51.9 Å². The highest BCUT2D eigenvalue weighted by Gasteiger charge is 2.30. The lowest BCUT2D eigenvalue weighted by Gasteiger charge is -2.38. The van der Waals surface area contributed by atoms with Crippen LogP contribution < -0.4 is 5.32 Å². The largest absolute Gasteiger partial charge is 0.396 e. The molecule has 0 aromatic rings. The number of likely N-dealkylation sites (tertiary alicyclic amines) is 1. The summed E-state index contributed by atoms with van der Waals surface area (Å²) in [6.07, 6.45) is 9.24. The van der Waals surface area contributed by atoms with E-state index in [1.54, 1.807) is 0 Å².